The van der Waals surface area contributed by atoms with E-state index in [1.807, 2.05) is 39.5 Å². The summed E-state index contributed by atoms with van der Waals surface area (Å²) in [6.45, 7) is 23.9. The summed E-state index contributed by atoms with van der Waals surface area (Å²) in [5, 5.41) is 15.8. The number of amides is 2. The van der Waals surface area contributed by atoms with Crippen LogP contribution in [0.2, 0.25) is 10.1 Å². The van der Waals surface area contributed by atoms with Gasteiger partial charge in [-0.05, 0) is 127 Å². The molecule has 18 heteroatoms. The highest BCUT2D eigenvalue weighted by molar-refractivity contribution is 7.23. The Balaban J connectivity index is 1.10. The van der Waals surface area contributed by atoms with Gasteiger partial charge < -0.3 is 28.4 Å². The third-order valence-corrected chi connectivity index (χ3v) is 21.8. The second-order valence-electron chi connectivity index (χ2n) is 23.7. The second kappa shape index (κ2) is 21.4. The van der Waals surface area contributed by atoms with Gasteiger partial charge in [0.15, 0.2) is 5.82 Å². The minimum atomic E-state index is -2.83. The van der Waals surface area contributed by atoms with Crippen molar-refractivity contribution in [3.63, 3.8) is 0 Å². The van der Waals surface area contributed by atoms with Gasteiger partial charge in [-0.1, -0.05) is 99.1 Å². The van der Waals surface area contributed by atoms with Crippen LogP contribution in [-0.4, -0.2) is 108 Å². The normalized spacial score (nSPS) is 20.1. The molecule has 408 valence electrons. The number of anilines is 2. The van der Waals surface area contributed by atoms with Gasteiger partial charge in [-0.2, -0.15) is 15.2 Å². The monoisotopic (exact) mass is 1110 g/mol. The van der Waals surface area contributed by atoms with Crippen molar-refractivity contribution < 1.29 is 37.0 Å². The molecule has 0 aliphatic carbocycles. The lowest BCUT2D eigenvalue weighted by atomic mass is 9.95. The fraction of sp³-hybridized carbons (Fsp3) is 0.475. The Morgan fingerprint density at radius 3 is 2.19 bits per heavy atom. The van der Waals surface area contributed by atoms with Crippen LogP contribution < -0.4 is 25.3 Å². The number of halogens is 3. The summed E-state index contributed by atoms with van der Waals surface area (Å²) in [7, 11) is -2.83. The third kappa shape index (κ3) is 10.7. The van der Waals surface area contributed by atoms with Crippen LogP contribution in [0, 0.1) is 23.0 Å². The first kappa shape index (κ1) is 55.8. The standard InChI is InChI=1S/C59H70ClF2N7O6SSi/c1-12-67(45-27-31-68(36(45)2)55(71)75-57(6,7)8)51-41-32-43(60)47(40-24-25-44(61)50-46(40)42(33-63)52(76-50)66-54(70)74-56(3,4)5)48(62)49(41)64-53(65-51)72-35-59-28-19-30-69(59)37(26-29-59)34-73-77(58(9,10)11,38-20-15-13-16-21-38)39-22-17-14-18-23-39/h13-18,20-25,32,36-37,45H,12,19,26-31,34-35H2,1-11H3,(H,66,70)/t36-,37?,45-,59?/m1/s1. The highest BCUT2D eigenvalue weighted by Gasteiger charge is 2.54. The molecule has 9 rings (SSSR count). The van der Waals surface area contributed by atoms with Crippen LogP contribution >= 0.6 is 22.9 Å². The predicted octanol–water partition coefficient (Wildman–Crippen LogP) is 12.8. The van der Waals surface area contributed by atoms with Crippen LogP contribution in [0.4, 0.5) is 29.2 Å². The molecular formula is C59H70ClF2N7O6SSi. The summed E-state index contributed by atoms with van der Waals surface area (Å²) in [5.41, 5.74) is -2.09. The van der Waals surface area contributed by atoms with Gasteiger partial charge in [0, 0.05) is 35.5 Å². The number of hydrogen-bond acceptors (Lipinski definition) is 12. The van der Waals surface area contributed by atoms with E-state index in [1.54, 1.807) is 31.7 Å². The first-order chi connectivity index (χ1) is 36.4. The molecule has 0 radical (unpaired) electrons. The summed E-state index contributed by atoms with van der Waals surface area (Å²) in [6.07, 6.45) is 2.90. The number of thiophene rings is 1. The second-order valence-corrected chi connectivity index (χ2v) is 29.4. The largest absolute Gasteiger partial charge is 0.461 e. The molecule has 2 aromatic heterocycles. The van der Waals surface area contributed by atoms with Crippen molar-refractivity contribution in [2.75, 3.05) is 43.1 Å². The van der Waals surface area contributed by atoms with Gasteiger partial charge in [0.05, 0.1) is 39.5 Å². The molecular weight excluding hydrogens is 1040 g/mol. The number of ether oxygens (including phenoxy) is 3. The van der Waals surface area contributed by atoms with Gasteiger partial charge >= 0.3 is 18.2 Å². The highest BCUT2D eigenvalue weighted by atomic mass is 35.5. The molecule has 3 aliphatic heterocycles. The maximum absolute atomic E-state index is 18.1. The molecule has 0 saturated carbocycles. The molecule has 3 saturated heterocycles. The van der Waals surface area contributed by atoms with Crippen LogP contribution in [0.1, 0.15) is 114 Å². The smallest absolute Gasteiger partial charge is 0.412 e. The molecule has 6 aromatic rings. The zero-order valence-electron chi connectivity index (χ0n) is 46.0. The molecule has 0 spiro atoms. The number of fused-ring (bicyclic) bond motifs is 3. The van der Waals surface area contributed by atoms with Crippen molar-refractivity contribution in [3.8, 4) is 23.2 Å². The average Bonchev–Trinajstić information content (AvgIpc) is 4.15. The lowest BCUT2D eigenvalue weighted by Gasteiger charge is -2.44. The van der Waals surface area contributed by atoms with E-state index < -0.39 is 43.3 Å². The summed E-state index contributed by atoms with van der Waals surface area (Å²) in [4.78, 5) is 42.8. The van der Waals surface area contributed by atoms with Crippen molar-refractivity contribution in [2.45, 2.75) is 148 Å². The molecule has 0 bridgehead atoms. The Morgan fingerprint density at radius 1 is 0.922 bits per heavy atom. The summed E-state index contributed by atoms with van der Waals surface area (Å²) >= 11 is 8.03. The Labute approximate surface area is 460 Å². The number of hydrogen-bond donors (Lipinski definition) is 1. The van der Waals surface area contributed by atoms with Crippen LogP contribution in [0.3, 0.4) is 0 Å². The maximum Gasteiger partial charge on any atom is 0.412 e. The number of aromatic nitrogens is 2. The number of nitrogens with one attached hydrogen (secondary N) is 1. The molecule has 2 unspecified atom stereocenters. The summed E-state index contributed by atoms with van der Waals surface area (Å²) in [6, 6.07) is 27.1. The molecule has 3 aliphatic rings. The molecule has 4 aromatic carbocycles. The van der Waals surface area contributed by atoms with Gasteiger partial charge in [0.25, 0.3) is 8.32 Å². The van der Waals surface area contributed by atoms with Gasteiger partial charge in [-0.3, -0.25) is 10.2 Å². The van der Waals surface area contributed by atoms with Crippen molar-refractivity contribution in [1.82, 2.24) is 19.8 Å². The molecule has 1 N–H and O–H groups in total. The minimum absolute atomic E-state index is 0.0159. The number of carbonyl (C=O) groups is 2. The molecule has 77 heavy (non-hydrogen) atoms. The Hall–Kier alpha value is -5.90. The summed E-state index contributed by atoms with van der Waals surface area (Å²) < 4.78 is 59.5. The van der Waals surface area contributed by atoms with Crippen LogP contribution in [0.25, 0.3) is 32.1 Å². The molecule has 3 fully saturated rings. The van der Waals surface area contributed by atoms with Gasteiger partial charge in [0.2, 0.25) is 0 Å². The van der Waals surface area contributed by atoms with Crippen LogP contribution in [-0.2, 0) is 13.9 Å². The topological polar surface area (TPSA) is 142 Å². The van der Waals surface area contributed by atoms with Gasteiger partial charge in [-0.25, -0.2) is 18.4 Å². The molecule has 13 nitrogen and oxygen atoms in total. The number of rotatable bonds is 13. The summed E-state index contributed by atoms with van der Waals surface area (Å²) in [5.74, 6) is -1.14. The van der Waals surface area contributed by atoms with Crippen molar-refractivity contribution in [3.05, 3.63) is 101 Å². The number of nitriles is 1. The van der Waals surface area contributed by atoms with E-state index in [2.05, 4.69) is 97.7 Å². The van der Waals surface area contributed by atoms with Gasteiger partial charge in [0.1, 0.15) is 46.0 Å². The fourth-order valence-corrected chi connectivity index (χ4v) is 18.1. The average molecular weight is 1110 g/mol. The van der Waals surface area contributed by atoms with E-state index in [9.17, 15) is 14.9 Å². The molecule has 5 heterocycles. The molecule has 4 atom stereocenters. The number of benzene rings is 4. The lowest BCUT2D eigenvalue weighted by Crippen LogP contribution is -2.67. The third-order valence-electron chi connectivity index (χ3n) is 15.4. The van der Waals surface area contributed by atoms with E-state index >= 15 is 8.78 Å². The number of carbonyl (C=O) groups excluding carboxylic acids is 2. The quantitative estimate of drug-likeness (QED) is 0.110. The van der Waals surface area contributed by atoms with E-state index in [-0.39, 0.29) is 83.6 Å². The number of nitrogens with zero attached hydrogens (tertiary/aromatic N) is 6. The molecule has 2 amide bonds. The van der Waals surface area contributed by atoms with Crippen molar-refractivity contribution >= 4 is 85.6 Å². The van der Waals surface area contributed by atoms with Crippen molar-refractivity contribution in [1.29, 1.82) is 5.26 Å². The Kier molecular flexibility index (Phi) is 15.5. The van der Waals surface area contributed by atoms with Gasteiger partial charge in [-0.15, -0.1) is 11.3 Å². The zero-order chi connectivity index (χ0) is 55.4. The highest BCUT2D eigenvalue weighted by Crippen LogP contribution is 2.48. The zero-order valence-corrected chi connectivity index (χ0v) is 48.6. The maximum atomic E-state index is 18.1. The Bertz CT molecular complexity index is 3190. The van der Waals surface area contributed by atoms with E-state index in [1.165, 1.54) is 22.5 Å². The number of likely N-dealkylation sites (N-methyl/N-ethyl adjacent to an activating group) is 1. The van der Waals surface area contributed by atoms with Crippen molar-refractivity contribution in [2.24, 2.45) is 0 Å². The van der Waals surface area contributed by atoms with E-state index in [0.29, 0.717) is 37.3 Å². The first-order valence-electron chi connectivity index (χ1n) is 26.7. The fourth-order valence-electron chi connectivity index (χ4n) is 12.1. The van der Waals surface area contributed by atoms with E-state index in [4.69, 9.17) is 40.2 Å². The van der Waals surface area contributed by atoms with Crippen LogP contribution in [0.15, 0.2) is 78.9 Å². The lowest BCUT2D eigenvalue weighted by molar-refractivity contribution is 0.0232. The Morgan fingerprint density at radius 2 is 1.58 bits per heavy atom. The predicted molar refractivity (Wildman–Crippen MR) is 304 cm³/mol. The van der Waals surface area contributed by atoms with E-state index in [0.717, 1.165) is 43.6 Å². The minimum Gasteiger partial charge on any atom is -0.461 e. The SMILES string of the molecule is CCN(c1nc(OCC23CCCN2C(CO[Si](c2ccccc2)(c2ccccc2)C(C)(C)C)CC3)nc2c(F)c(-c3ccc(F)c4sc(NC(=O)OC(C)(C)C)c(C#N)c34)c(Cl)cc12)[C@@H]1CCN(C(=O)OC(C)(C)C)[C@@H]1C. The first-order valence-corrected chi connectivity index (χ1v) is 29.8. The number of likely N-dealkylation sites (tertiary alicyclic amines) is 1. The van der Waals surface area contributed by atoms with Crippen LogP contribution in [0.5, 0.6) is 6.01 Å².